The van der Waals surface area contributed by atoms with E-state index in [4.69, 9.17) is 15.2 Å². The van der Waals surface area contributed by atoms with E-state index in [1.54, 1.807) is 13.2 Å². The van der Waals surface area contributed by atoms with E-state index >= 15 is 0 Å². The second kappa shape index (κ2) is 7.02. The molecular formula is C15H23FN2O2. The molecule has 1 aliphatic carbocycles. The number of hydrogen-bond acceptors (Lipinski definition) is 4. The zero-order valence-electron chi connectivity index (χ0n) is 12.1. The molecule has 0 aromatic heterocycles. The molecule has 1 fully saturated rings. The summed E-state index contributed by atoms with van der Waals surface area (Å²) in [6.07, 6.45) is 2.36. The number of methoxy groups -OCH3 is 2. The van der Waals surface area contributed by atoms with Crippen molar-refractivity contribution in [3.05, 3.63) is 29.6 Å². The molecule has 1 aromatic rings. The van der Waals surface area contributed by atoms with Crippen LogP contribution in [0.5, 0.6) is 5.75 Å². The second-order valence-corrected chi connectivity index (χ2v) is 5.11. The maximum Gasteiger partial charge on any atom is 0.165 e. The zero-order chi connectivity index (χ0) is 14.5. The maximum atomic E-state index is 13.9. The second-order valence-electron chi connectivity index (χ2n) is 5.11. The molecule has 20 heavy (non-hydrogen) atoms. The number of benzene rings is 1. The molecule has 0 spiro atoms. The monoisotopic (exact) mass is 282 g/mol. The lowest BCUT2D eigenvalue weighted by atomic mass is 10.0. The van der Waals surface area contributed by atoms with E-state index in [0.29, 0.717) is 19.2 Å². The lowest BCUT2D eigenvalue weighted by molar-refractivity contribution is 0.115. The Morgan fingerprint density at radius 3 is 2.65 bits per heavy atom. The van der Waals surface area contributed by atoms with Crippen LogP contribution >= 0.6 is 0 Å². The highest BCUT2D eigenvalue weighted by molar-refractivity contribution is 5.31. The summed E-state index contributed by atoms with van der Waals surface area (Å²) in [5, 5.41) is 0. The Morgan fingerprint density at radius 2 is 2.15 bits per heavy atom. The fourth-order valence-electron chi connectivity index (χ4n) is 2.55. The van der Waals surface area contributed by atoms with Crippen LogP contribution in [0.25, 0.3) is 0 Å². The Hall–Kier alpha value is -1.17. The summed E-state index contributed by atoms with van der Waals surface area (Å²) in [4.78, 5) is 2.32. The van der Waals surface area contributed by atoms with Crippen molar-refractivity contribution < 1.29 is 13.9 Å². The Labute approximate surface area is 119 Å². The van der Waals surface area contributed by atoms with Gasteiger partial charge in [-0.3, -0.25) is 4.90 Å². The average molecular weight is 282 g/mol. The number of halogens is 1. The molecule has 1 aromatic carbocycles. The lowest BCUT2D eigenvalue weighted by Crippen LogP contribution is -2.37. The summed E-state index contributed by atoms with van der Waals surface area (Å²) in [6, 6.07) is 5.65. The lowest BCUT2D eigenvalue weighted by Gasteiger charge is -2.31. The molecule has 0 amide bonds. The molecule has 0 saturated heterocycles. The van der Waals surface area contributed by atoms with Crippen molar-refractivity contribution in [3.8, 4) is 5.75 Å². The van der Waals surface area contributed by atoms with Gasteiger partial charge in [-0.2, -0.15) is 0 Å². The molecule has 1 atom stereocenters. The SMILES string of the molecule is COCCN(C1CC1)C(CN)c1ccc(OC)c(F)c1. The Kier molecular flexibility index (Phi) is 5.34. The van der Waals surface area contributed by atoms with Gasteiger partial charge in [-0.05, 0) is 30.5 Å². The number of rotatable bonds is 8. The molecule has 1 saturated carbocycles. The van der Waals surface area contributed by atoms with Gasteiger partial charge in [-0.25, -0.2) is 4.39 Å². The van der Waals surface area contributed by atoms with Crippen molar-refractivity contribution in [2.75, 3.05) is 33.9 Å². The molecule has 1 aliphatic rings. The first-order valence-electron chi connectivity index (χ1n) is 6.99. The Balaban J connectivity index is 2.18. The van der Waals surface area contributed by atoms with Crippen molar-refractivity contribution in [3.63, 3.8) is 0 Å². The number of ether oxygens (including phenoxy) is 2. The third kappa shape index (κ3) is 3.48. The van der Waals surface area contributed by atoms with Crippen LogP contribution in [0.15, 0.2) is 18.2 Å². The predicted octanol–water partition coefficient (Wildman–Crippen LogP) is 1.94. The van der Waals surface area contributed by atoms with Crippen molar-refractivity contribution in [2.45, 2.75) is 24.9 Å². The zero-order valence-corrected chi connectivity index (χ0v) is 12.1. The van der Waals surface area contributed by atoms with Gasteiger partial charge < -0.3 is 15.2 Å². The van der Waals surface area contributed by atoms with E-state index in [9.17, 15) is 4.39 Å². The van der Waals surface area contributed by atoms with E-state index in [-0.39, 0.29) is 17.6 Å². The van der Waals surface area contributed by atoms with Gasteiger partial charge in [0, 0.05) is 32.3 Å². The molecule has 5 heteroatoms. The first-order valence-corrected chi connectivity index (χ1v) is 6.99. The average Bonchev–Trinajstić information content (AvgIpc) is 3.28. The molecule has 0 bridgehead atoms. The van der Waals surface area contributed by atoms with Gasteiger partial charge in [0.05, 0.1) is 13.7 Å². The van der Waals surface area contributed by atoms with E-state index in [0.717, 1.165) is 12.1 Å². The topological polar surface area (TPSA) is 47.7 Å². The fraction of sp³-hybridized carbons (Fsp3) is 0.600. The van der Waals surface area contributed by atoms with Crippen molar-refractivity contribution >= 4 is 0 Å². The summed E-state index contributed by atoms with van der Waals surface area (Å²) >= 11 is 0. The van der Waals surface area contributed by atoms with Crippen LogP contribution in [-0.4, -0.2) is 44.9 Å². The van der Waals surface area contributed by atoms with Gasteiger partial charge in [0.15, 0.2) is 11.6 Å². The minimum atomic E-state index is -0.342. The first-order chi connectivity index (χ1) is 9.71. The van der Waals surface area contributed by atoms with E-state index in [2.05, 4.69) is 4.90 Å². The van der Waals surface area contributed by atoms with Crippen LogP contribution in [0.3, 0.4) is 0 Å². The van der Waals surface area contributed by atoms with Crippen LogP contribution < -0.4 is 10.5 Å². The highest BCUT2D eigenvalue weighted by Crippen LogP contribution is 2.34. The van der Waals surface area contributed by atoms with Gasteiger partial charge in [-0.15, -0.1) is 0 Å². The minimum absolute atomic E-state index is 0.0260. The largest absolute Gasteiger partial charge is 0.494 e. The molecule has 1 unspecified atom stereocenters. The first kappa shape index (κ1) is 15.2. The molecule has 112 valence electrons. The van der Waals surface area contributed by atoms with Crippen molar-refractivity contribution in [1.82, 2.24) is 4.90 Å². The van der Waals surface area contributed by atoms with Gasteiger partial charge in [0.25, 0.3) is 0 Å². The number of nitrogens with two attached hydrogens (primary N) is 1. The van der Waals surface area contributed by atoms with Crippen LogP contribution in [-0.2, 0) is 4.74 Å². The highest BCUT2D eigenvalue weighted by atomic mass is 19.1. The molecule has 0 aliphatic heterocycles. The summed E-state index contributed by atoms with van der Waals surface area (Å²) < 4.78 is 24.0. The van der Waals surface area contributed by atoms with Crippen LogP contribution in [0.1, 0.15) is 24.4 Å². The highest BCUT2D eigenvalue weighted by Gasteiger charge is 2.34. The van der Waals surface area contributed by atoms with Gasteiger partial charge in [0.2, 0.25) is 0 Å². The maximum absolute atomic E-state index is 13.9. The molecule has 4 nitrogen and oxygen atoms in total. The summed E-state index contributed by atoms with van der Waals surface area (Å²) in [7, 11) is 3.16. The standard InChI is InChI=1S/C15H23FN2O2/c1-19-8-7-18(12-4-5-12)14(10-17)11-3-6-15(20-2)13(16)9-11/h3,6,9,12,14H,4-5,7-8,10,17H2,1-2H3. The Morgan fingerprint density at radius 1 is 1.40 bits per heavy atom. The van der Waals surface area contributed by atoms with Gasteiger partial charge in [-0.1, -0.05) is 6.07 Å². The summed E-state index contributed by atoms with van der Waals surface area (Å²) in [5.74, 6) is -0.0784. The third-order valence-corrected chi connectivity index (χ3v) is 3.75. The van der Waals surface area contributed by atoms with Gasteiger partial charge >= 0.3 is 0 Å². The molecular weight excluding hydrogens is 259 g/mol. The number of nitrogens with zero attached hydrogens (tertiary/aromatic N) is 1. The minimum Gasteiger partial charge on any atom is -0.494 e. The molecule has 0 radical (unpaired) electrons. The van der Waals surface area contributed by atoms with Gasteiger partial charge in [0.1, 0.15) is 0 Å². The summed E-state index contributed by atoms with van der Waals surface area (Å²) in [5.41, 5.74) is 6.82. The van der Waals surface area contributed by atoms with E-state index in [1.165, 1.54) is 26.0 Å². The molecule has 0 heterocycles. The Bertz CT molecular complexity index is 438. The fourth-order valence-corrected chi connectivity index (χ4v) is 2.55. The summed E-state index contributed by atoms with van der Waals surface area (Å²) in [6.45, 7) is 1.94. The van der Waals surface area contributed by atoms with Crippen LogP contribution in [0, 0.1) is 5.82 Å². The van der Waals surface area contributed by atoms with Crippen LogP contribution in [0.4, 0.5) is 4.39 Å². The predicted molar refractivity (Wildman–Crippen MR) is 76.4 cm³/mol. The van der Waals surface area contributed by atoms with E-state index < -0.39 is 0 Å². The molecule has 2 rings (SSSR count). The normalized spacial score (nSPS) is 16.4. The van der Waals surface area contributed by atoms with Crippen LogP contribution in [0.2, 0.25) is 0 Å². The van der Waals surface area contributed by atoms with Crippen molar-refractivity contribution in [1.29, 1.82) is 0 Å². The van der Waals surface area contributed by atoms with E-state index in [1.807, 2.05) is 6.07 Å². The quantitative estimate of drug-likeness (QED) is 0.791. The smallest absolute Gasteiger partial charge is 0.165 e. The third-order valence-electron chi connectivity index (χ3n) is 3.75. The van der Waals surface area contributed by atoms with Crippen molar-refractivity contribution in [2.24, 2.45) is 5.73 Å². The molecule has 2 N–H and O–H groups in total. The number of hydrogen-bond donors (Lipinski definition) is 1.